The molecule has 1 heterocycles. The number of rotatable bonds is 0. The molecule has 0 spiro atoms. The molecule has 1 rings (SSSR count). The minimum atomic E-state index is -5.28. The van der Waals surface area contributed by atoms with Gasteiger partial charge in [0.25, 0.3) is 6.18 Å². The van der Waals surface area contributed by atoms with Crippen molar-refractivity contribution in [1.82, 2.24) is 20.0 Å². The normalized spacial score (nSPS) is 25.6. The Hall–Kier alpha value is 0.584. The Balaban J connectivity index is -0.00000120. The van der Waals surface area contributed by atoms with E-state index in [1.807, 2.05) is 0 Å². The largest absolute Gasteiger partial charge is 4.00 e. The molecule has 3 unspecified atom stereocenters. The molecule has 210 valence electrons. The second kappa shape index (κ2) is 15.2. The molecule has 4 nitrogen and oxygen atoms in total. The van der Waals surface area contributed by atoms with Crippen LogP contribution in [0.5, 0.6) is 0 Å². The van der Waals surface area contributed by atoms with Crippen molar-refractivity contribution in [1.29, 1.82) is 0 Å². The van der Waals surface area contributed by atoms with E-state index in [0.717, 1.165) is 0 Å². The second-order valence-electron chi connectivity index (χ2n) is 7.30. The molecule has 3 atom stereocenters. The second-order valence-corrected chi connectivity index (χ2v) is 7.30. The summed E-state index contributed by atoms with van der Waals surface area (Å²) in [5, 5.41) is 1.53. The van der Waals surface area contributed by atoms with E-state index >= 15 is 0 Å². The van der Waals surface area contributed by atoms with E-state index in [2.05, 4.69) is 0 Å². The zero-order chi connectivity index (χ0) is 24.6. The first-order chi connectivity index (χ1) is 13.7. The van der Waals surface area contributed by atoms with E-state index in [-0.39, 0.29) is 73.6 Å². The Morgan fingerprint density at radius 1 is 0.657 bits per heavy atom. The molecule has 1 N–H and O–H groups in total. The molecule has 0 bridgehead atoms. The van der Waals surface area contributed by atoms with E-state index in [1.54, 1.807) is 0 Å². The van der Waals surface area contributed by atoms with Crippen LogP contribution in [0.3, 0.4) is 0 Å². The standard InChI is InChI=1S/C15H21F12N4.3ClH.Ti/c1-29-5-8(12(16,17)18)28-4-9(13(19,20)21)30(2)6-11(15(25,26)27)31(3)7-10(29)14(22,23)24;;;;/h8-10,28H,4-7H2,1-3H3;3*1H;/q-1;;;;+4/p-3. The van der Waals surface area contributed by atoms with Gasteiger partial charge in [-0.05, 0) is 27.7 Å². The maximum Gasteiger partial charge on any atom is 4.00 e. The van der Waals surface area contributed by atoms with Gasteiger partial charge in [0.05, 0.1) is 0 Å². The number of alkyl halides is 12. The van der Waals surface area contributed by atoms with E-state index in [9.17, 15) is 52.7 Å². The van der Waals surface area contributed by atoms with Crippen LogP contribution in [-0.2, 0) is 21.7 Å². The van der Waals surface area contributed by atoms with Crippen molar-refractivity contribution >= 4 is 0 Å². The maximum atomic E-state index is 13.4. The molecule has 35 heavy (non-hydrogen) atoms. The predicted octanol–water partition coefficient (Wildman–Crippen LogP) is -5.72. The summed E-state index contributed by atoms with van der Waals surface area (Å²) < 4.78 is 160. The maximum absolute atomic E-state index is 13.4. The third-order valence-electron chi connectivity index (χ3n) is 4.88. The molecule has 20 heteroatoms. The molecule has 1 fully saturated rings. The SMILES string of the molecule is CN1CC(C(F)(F)F)N(C)CC(C(F)(F)F)NCC(C(F)(F)F)N(C)C[C-]1C(F)(F)F.[Cl-].[Cl-].[Cl-].[Ti+4]. The van der Waals surface area contributed by atoms with Gasteiger partial charge in [0, 0.05) is 13.1 Å². The van der Waals surface area contributed by atoms with Crippen molar-refractivity contribution in [2.24, 2.45) is 0 Å². The first kappa shape index (κ1) is 42.7. The molecule has 0 aliphatic carbocycles. The summed E-state index contributed by atoms with van der Waals surface area (Å²) in [4.78, 5) is 0.313. The summed E-state index contributed by atoms with van der Waals surface area (Å²) >= 11 is 0. The van der Waals surface area contributed by atoms with Gasteiger partial charge < -0.3 is 52.3 Å². The summed E-state index contributed by atoms with van der Waals surface area (Å²) in [6, 6.07) is -9.98. The van der Waals surface area contributed by atoms with Gasteiger partial charge in [-0.15, -0.1) is 12.6 Å². The number of nitrogens with zero attached hydrogens (tertiary/aromatic N) is 3. The molecule has 0 radical (unpaired) electrons. The van der Waals surface area contributed by atoms with Crippen LogP contribution in [0, 0.1) is 6.04 Å². The first-order valence-electron chi connectivity index (χ1n) is 8.63. The number of hydrogen-bond acceptors (Lipinski definition) is 4. The van der Waals surface area contributed by atoms with Crippen LogP contribution in [-0.4, -0.2) is 105 Å². The average Bonchev–Trinajstić information content (AvgIpc) is 2.50. The smallest absolute Gasteiger partial charge is 1.00 e. The van der Waals surface area contributed by atoms with Crippen LogP contribution in [0.1, 0.15) is 0 Å². The van der Waals surface area contributed by atoms with E-state index in [1.165, 1.54) is 5.32 Å². The summed E-state index contributed by atoms with van der Waals surface area (Å²) in [6.45, 7) is -5.85. The van der Waals surface area contributed by atoms with E-state index < -0.39 is 75.1 Å². The first-order valence-corrected chi connectivity index (χ1v) is 8.63. The van der Waals surface area contributed by atoms with Crippen LogP contribution >= 0.6 is 0 Å². The minimum absolute atomic E-state index is 0. The van der Waals surface area contributed by atoms with Crippen molar-refractivity contribution in [2.45, 2.75) is 42.8 Å². The molecule has 0 aromatic rings. The summed E-state index contributed by atoms with van der Waals surface area (Å²) in [5.74, 6) is 0. The molecule has 0 saturated carbocycles. The van der Waals surface area contributed by atoms with Crippen molar-refractivity contribution in [3.8, 4) is 0 Å². The van der Waals surface area contributed by atoms with Crippen LogP contribution in [0.2, 0.25) is 0 Å². The summed E-state index contributed by atoms with van der Waals surface area (Å²) in [5.41, 5.74) is 0. The van der Waals surface area contributed by atoms with Gasteiger partial charge in [0.2, 0.25) is 0 Å². The van der Waals surface area contributed by atoms with Gasteiger partial charge in [0.15, 0.2) is 0 Å². The Morgan fingerprint density at radius 3 is 1.43 bits per heavy atom. The Bertz CT molecular complexity index is 591. The van der Waals surface area contributed by atoms with Crippen LogP contribution in [0.15, 0.2) is 0 Å². The average molecular weight is 640 g/mol. The third kappa shape index (κ3) is 12.8. The number of likely N-dealkylation sites (N-methyl/N-ethyl adjacent to an activating group) is 3. The van der Waals surface area contributed by atoms with Gasteiger partial charge in [-0.1, -0.05) is 0 Å². The number of nitrogens with one attached hydrogen (secondary N) is 1. The van der Waals surface area contributed by atoms with Crippen molar-refractivity contribution in [3.63, 3.8) is 0 Å². The minimum Gasteiger partial charge on any atom is -1.00 e. The van der Waals surface area contributed by atoms with Crippen molar-refractivity contribution in [2.75, 3.05) is 47.3 Å². The summed E-state index contributed by atoms with van der Waals surface area (Å²) in [6.07, 6.45) is -20.9. The Labute approximate surface area is 227 Å². The van der Waals surface area contributed by atoms with Crippen molar-refractivity contribution < 1.29 is 112 Å². The molecular weight excluding hydrogens is 618 g/mol. The van der Waals surface area contributed by atoms with Gasteiger partial charge >= 0.3 is 40.2 Å². The van der Waals surface area contributed by atoms with Gasteiger partial charge in [-0.3, -0.25) is 4.90 Å². The zero-order valence-corrected chi connectivity index (χ0v) is 21.9. The van der Waals surface area contributed by atoms with Crippen LogP contribution < -0.4 is 42.5 Å². The fraction of sp³-hybridized carbons (Fsp3) is 0.933. The monoisotopic (exact) mass is 638 g/mol. The van der Waals surface area contributed by atoms with Crippen LogP contribution in [0.25, 0.3) is 0 Å². The number of hydrogen-bond donors (Lipinski definition) is 1. The molecule has 1 saturated heterocycles. The summed E-state index contributed by atoms with van der Waals surface area (Å²) in [7, 11) is 1.80. The quantitative estimate of drug-likeness (QED) is 0.162. The van der Waals surface area contributed by atoms with E-state index in [0.29, 0.717) is 21.1 Å². The molecule has 1 aliphatic heterocycles. The third-order valence-corrected chi connectivity index (χ3v) is 4.88. The predicted molar refractivity (Wildman–Crippen MR) is 84.7 cm³/mol. The molecule has 0 aromatic carbocycles. The van der Waals surface area contributed by atoms with Gasteiger partial charge in [-0.2, -0.15) is 39.5 Å². The number of halogens is 15. The van der Waals surface area contributed by atoms with Crippen LogP contribution in [0.4, 0.5) is 52.7 Å². The molecule has 0 amide bonds. The van der Waals surface area contributed by atoms with Crippen molar-refractivity contribution in [3.05, 3.63) is 6.04 Å². The topological polar surface area (TPSA) is 21.8 Å². The van der Waals surface area contributed by atoms with E-state index in [4.69, 9.17) is 0 Å². The fourth-order valence-electron chi connectivity index (χ4n) is 3.11. The van der Waals surface area contributed by atoms with Gasteiger partial charge in [0.1, 0.15) is 18.1 Å². The molecular formula is C15H21Cl3F12N4Ti. The zero-order valence-electron chi connectivity index (χ0n) is 18.1. The molecule has 1 aliphatic rings. The molecule has 0 aromatic heterocycles. The van der Waals surface area contributed by atoms with Gasteiger partial charge in [-0.25, -0.2) is 13.2 Å². The Morgan fingerprint density at radius 2 is 1.09 bits per heavy atom. The Kier molecular flexibility index (Phi) is 18.6. The fourth-order valence-corrected chi connectivity index (χ4v) is 3.11.